The number of aromatic amines is 1. The molecule has 0 radical (unpaired) electrons. The summed E-state index contributed by atoms with van der Waals surface area (Å²) in [6.07, 6.45) is 4.22. The first kappa shape index (κ1) is 21.1. The summed E-state index contributed by atoms with van der Waals surface area (Å²) in [5.74, 6) is -0.662. The van der Waals surface area contributed by atoms with Gasteiger partial charge in [-0.3, -0.25) is 10.1 Å². The van der Waals surface area contributed by atoms with E-state index in [1.165, 1.54) is 30.7 Å². The van der Waals surface area contributed by atoms with Crippen LogP contribution in [0.4, 0.5) is 15.8 Å². The molecule has 0 aliphatic carbocycles. The fourth-order valence-corrected chi connectivity index (χ4v) is 3.50. The highest BCUT2D eigenvalue weighted by molar-refractivity contribution is 6.35. The van der Waals surface area contributed by atoms with Gasteiger partial charge in [-0.2, -0.15) is 9.65 Å². The van der Waals surface area contributed by atoms with Crippen LogP contribution in [0.1, 0.15) is 45.0 Å². The van der Waals surface area contributed by atoms with Crippen molar-refractivity contribution in [2.75, 3.05) is 17.2 Å². The molecule has 0 unspecified atom stereocenters. The Morgan fingerprint density at radius 3 is 2.73 bits per heavy atom. The number of aromatic nitrogens is 5. The predicted octanol–water partition coefficient (Wildman–Crippen LogP) is 5.07. The van der Waals surface area contributed by atoms with Crippen molar-refractivity contribution in [3.63, 3.8) is 0 Å². The van der Waals surface area contributed by atoms with Crippen LogP contribution in [-0.2, 0) is 0 Å². The quantitative estimate of drug-likeness (QED) is 0.340. The minimum Gasteiger partial charge on any atom is -0.383 e. The van der Waals surface area contributed by atoms with Crippen LogP contribution in [0.2, 0.25) is 5.02 Å². The molecule has 33 heavy (non-hydrogen) atoms. The molecule has 0 aliphatic heterocycles. The third-order valence-corrected chi connectivity index (χ3v) is 5.09. The Hall–Kier alpha value is -3.77. The van der Waals surface area contributed by atoms with Crippen molar-refractivity contribution in [3.05, 3.63) is 70.6 Å². The van der Waals surface area contributed by atoms with Gasteiger partial charge in [0.25, 0.3) is 0 Å². The van der Waals surface area contributed by atoms with Gasteiger partial charge in [-0.25, -0.2) is 4.98 Å². The topological polar surface area (TPSA) is 115 Å². The van der Waals surface area contributed by atoms with E-state index in [2.05, 4.69) is 62.9 Å². The molecule has 3 aromatic heterocycles. The summed E-state index contributed by atoms with van der Waals surface area (Å²) in [5.41, 5.74) is 2.51. The Bertz CT molecular complexity index is 1360. The normalized spacial score (nSPS) is 13.8. The zero-order chi connectivity index (χ0) is 24.5. The molecule has 10 heteroatoms. The molecule has 8 nitrogen and oxygen atoms in total. The van der Waals surface area contributed by atoms with Gasteiger partial charge in [-0.05, 0) is 29.2 Å². The minimum atomic E-state index is -1.66. The second-order valence-corrected chi connectivity index (χ2v) is 9.06. The van der Waals surface area contributed by atoms with E-state index in [1.54, 1.807) is 12.1 Å². The summed E-state index contributed by atoms with van der Waals surface area (Å²) in [7, 11) is 0. The van der Waals surface area contributed by atoms with E-state index in [4.69, 9.17) is 11.6 Å². The molecule has 0 bridgehead atoms. The highest BCUT2D eigenvalue weighted by atomic mass is 35.5. The Kier molecular flexibility index (Phi) is 5.75. The van der Waals surface area contributed by atoms with Gasteiger partial charge in [0.2, 0.25) is 5.95 Å². The monoisotopic (exact) mass is 465 g/mol. The van der Waals surface area contributed by atoms with Gasteiger partial charge in [0.1, 0.15) is 11.8 Å². The van der Waals surface area contributed by atoms with Crippen molar-refractivity contribution in [1.82, 2.24) is 25.4 Å². The van der Waals surface area contributed by atoms with Gasteiger partial charge in [0.05, 0.1) is 29.2 Å². The second-order valence-electron chi connectivity index (χ2n) is 8.66. The lowest BCUT2D eigenvalue weighted by molar-refractivity contribution is 0.443. The van der Waals surface area contributed by atoms with Crippen molar-refractivity contribution in [2.45, 2.75) is 26.8 Å². The second kappa shape index (κ2) is 9.00. The maximum Gasteiger partial charge on any atom is 0.212 e. The summed E-state index contributed by atoms with van der Waals surface area (Å²) in [5, 5.41) is 27.4. The van der Waals surface area contributed by atoms with Crippen molar-refractivity contribution >= 4 is 33.9 Å². The number of hydrogen-bond acceptors (Lipinski definition) is 7. The first-order chi connectivity index (χ1) is 16.1. The summed E-state index contributed by atoms with van der Waals surface area (Å²) in [4.78, 5) is 8.05. The molecule has 3 N–H and O–H groups in total. The Labute approximate surface area is 196 Å². The van der Waals surface area contributed by atoms with Gasteiger partial charge in [-0.1, -0.05) is 43.7 Å². The van der Waals surface area contributed by atoms with Crippen molar-refractivity contribution in [1.29, 1.82) is 5.26 Å². The van der Waals surface area contributed by atoms with Crippen LogP contribution in [0.3, 0.4) is 0 Å². The molecule has 3 heterocycles. The van der Waals surface area contributed by atoms with Gasteiger partial charge >= 0.3 is 0 Å². The molecular weight excluding hydrogens is 443 g/mol. The Morgan fingerprint density at radius 1 is 1.27 bits per heavy atom. The maximum atomic E-state index is 13.5. The summed E-state index contributed by atoms with van der Waals surface area (Å²) < 4.78 is 22.6. The van der Waals surface area contributed by atoms with E-state index in [9.17, 15) is 11.0 Å². The highest BCUT2D eigenvalue weighted by Gasteiger charge is 2.20. The summed E-state index contributed by atoms with van der Waals surface area (Å²) >= 11 is 6.57. The highest BCUT2D eigenvalue weighted by Crippen LogP contribution is 2.35. The van der Waals surface area contributed by atoms with E-state index in [0.29, 0.717) is 45.0 Å². The zero-order valence-electron chi connectivity index (χ0n) is 19.2. The third kappa shape index (κ3) is 5.02. The molecule has 168 valence electrons. The minimum absolute atomic E-state index is 0.0408. The number of hydrogen-bond donors (Lipinski definition) is 3. The van der Waals surface area contributed by atoms with Crippen LogP contribution in [0.15, 0.2) is 42.9 Å². The fraction of sp³-hybridized carbons (Fsp3) is 0.261. The number of H-pyrrole nitrogens is 1. The van der Waals surface area contributed by atoms with Crippen LogP contribution < -0.4 is 10.6 Å². The van der Waals surface area contributed by atoms with E-state index in [1.807, 2.05) is 0 Å². The molecule has 0 aliphatic rings. The van der Waals surface area contributed by atoms with Crippen molar-refractivity contribution in [3.8, 4) is 6.07 Å². The Morgan fingerprint density at radius 2 is 2.09 bits per heavy atom. The molecule has 0 amide bonds. The van der Waals surface area contributed by atoms with Gasteiger partial charge in [-0.15, -0.1) is 5.10 Å². The number of nitrogens with zero attached hydrogens (tertiary/aromatic N) is 5. The van der Waals surface area contributed by atoms with Crippen LogP contribution in [-0.4, -0.2) is 31.9 Å². The van der Waals surface area contributed by atoms with Crippen LogP contribution in [0.5, 0.6) is 0 Å². The molecule has 0 saturated heterocycles. The number of fused-ring (bicyclic) bond motifs is 1. The summed E-state index contributed by atoms with van der Waals surface area (Å²) in [6.45, 7) is 6.86. The molecule has 0 saturated carbocycles. The molecule has 0 fully saturated rings. The molecule has 1 atom stereocenters. The number of rotatable bonds is 6. The number of anilines is 2. The lowest BCUT2D eigenvalue weighted by Crippen LogP contribution is -2.20. The van der Waals surface area contributed by atoms with Crippen LogP contribution in [0, 0.1) is 22.7 Å². The smallest absolute Gasteiger partial charge is 0.212 e. The SMILES string of the molecule is [2H][C@](Nc1cc(Cl)c2ncc(C#N)c(NCC(C)(C)C)c2c1)(c1ccc(F)nc1)c1c[nH]nn1. The lowest BCUT2D eigenvalue weighted by atomic mass is 9.96. The largest absolute Gasteiger partial charge is 0.383 e. The Balaban J connectivity index is 1.85. The lowest BCUT2D eigenvalue weighted by Gasteiger charge is -2.22. The van der Waals surface area contributed by atoms with Crippen LogP contribution >= 0.6 is 11.6 Å². The summed E-state index contributed by atoms with van der Waals surface area (Å²) in [6, 6.07) is 6.53. The number of halogens is 2. The average molecular weight is 466 g/mol. The van der Waals surface area contributed by atoms with Crippen molar-refractivity contribution < 1.29 is 5.76 Å². The molecule has 4 aromatic rings. The first-order valence-corrected chi connectivity index (χ1v) is 10.5. The van der Waals surface area contributed by atoms with Crippen molar-refractivity contribution in [2.24, 2.45) is 5.41 Å². The third-order valence-electron chi connectivity index (χ3n) is 4.80. The van der Waals surface area contributed by atoms with E-state index < -0.39 is 12.0 Å². The molecule has 0 spiro atoms. The van der Waals surface area contributed by atoms with Crippen LogP contribution in [0.25, 0.3) is 10.9 Å². The number of pyridine rings is 2. The standard InChI is InChI=1S/C23H22ClFN8/c1-23(2,3)12-29-20-14(8-26)10-28-22-16(20)6-15(7-17(22)24)31-21(18-11-30-33-32-18)13-4-5-19(25)27-9-13/h4-7,9-11,21,31H,12H2,1-3H3,(H,28,29)(H,30,32,33)/t21-/m0/s1/i21D. The van der Waals surface area contributed by atoms with Gasteiger partial charge in [0, 0.05) is 36.2 Å². The van der Waals surface area contributed by atoms with Gasteiger partial charge in [0.15, 0.2) is 0 Å². The van der Waals surface area contributed by atoms with E-state index in [0.717, 1.165) is 0 Å². The predicted molar refractivity (Wildman–Crippen MR) is 125 cm³/mol. The first-order valence-electron chi connectivity index (χ1n) is 10.6. The maximum absolute atomic E-state index is 13.5. The molecular formula is C23H22ClFN8. The van der Waals surface area contributed by atoms with Gasteiger partial charge < -0.3 is 10.6 Å². The van der Waals surface area contributed by atoms with E-state index >= 15 is 0 Å². The average Bonchev–Trinajstić information content (AvgIpc) is 3.33. The molecule has 1 aromatic carbocycles. The fourth-order valence-electron chi connectivity index (χ4n) is 3.24. The zero-order valence-corrected chi connectivity index (χ0v) is 19.0. The molecule has 4 rings (SSSR count). The number of nitrogens with one attached hydrogen (secondary N) is 3. The number of nitriles is 1. The van der Waals surface area contributed by atoms with E-state index in [-0.39, 0.29) is 11.1 Å². The number of benzene rings is 1.